The van der Waals surface area contributed by atoms with E-state index >= 15 is 0 Å². The Hall–Kier alpha value is -0.570. The lowest BCUT2D eigenvalue weighted by Crippen LogP contribution is -2.43. The van der Waals surface area contributed by atoms with Gasteiger partial charge in [-0.25, -0.2) is 0 Å². The zero-order chi connectivity index (χ0) is 8.97. The molecule has 1 rings (SSSR count). The van der Waals surface area contributed by atoms with Gasteiger partial charge in [0.25, 0.3) is 0 Å². The number of nitrogens with zero attached hydrogens (tertiary/aromatic N) is 1. The van der Waals surface area contributed by atoms with Gasteiger partial charge >= 0.3 is 0 Å². The number of piperidine rings is 1. The van der Waals surface area contributed by atoms with Crippen molar-refractivity contribution in [1.82, 2.24) is 4.90 Å². The fourth-order valence-corrected chi connectivity index (χ4v) is 1.93. The van der Waals surface area contributed by atoms with Crippen molar-refractivity contribution in [2.75, 3.05) is 13.1 Å². The minimum atomic E-state index is -0.199. The molecule has 70 valence electrons. The molecule has 3 heteroatoms. The van der Waals surface area contributed by atoms with Crippen LogP contribution in [0.4, 0.5) is 0 Å². The third-order valence-corrected chi connectivity index (χ3v) is 2.58. The molecule has 0 radical (unpaired) electrons. The van der Waals surface area contributed by atoms with Crippen molar-refractivity contribution in [3.8, 4) is 0 Å². The van der Waals surface area contributed by atoms with Gasteiger partial charge in [0.05, 0.1) is 6.54 Å². The van der Waals surface area contributed by atoms with Crippen LogP contribution in [0.15, 0.2) is 0 Å². The van der Waals surface area contributed by atoms with Gasteiger partial charge in [-0.05, 0) is 25.8 Å². The summed E-state index contributed by atoms with van der Waals surface area (Å²) in [6, 6.07) is 0.589. The molecule has 0 bridgehead atoms. The highest BCUT2D eigenvalue weighted by atomic mass is 16.1. The van der Waals surface area contributed by atoms with Crippen LogP contribution in [0.1, 0.15) is 32.6 Å². The molecular formula is C9H18N2O. The molecule has 3 nitrogen and oxygen atoms in total. The SMILES string of the molecule is CCC1CCCCN1CC(N)=O. The van der Waals surface area contributed by atoms with E-state index < -0.39 is 0 Å². The van der Waals surface area contributed by atoms with Crippen LogP contribution in [-0.2, 0) is 4.79 Å². The van der Waals surface area contributed by atoms with E-state index in [1.807, 2.05) is 0 Å². The van der Waals surface area contributed by atoms with Gasteiger partial charge in [0.15, 0.2) is 0 Å². The first-order valence-electron chi connectivity index (χ1n) is 4.76. The van der Waals surface area contributed by atoms with Crippen molar-refractivity contribution in [2.45, 2.75) is 38.6 Å². The molecule has 1 aliphatic heterocycles. The Labute approximate surface area is 73.9 Å². The first kappa shape index (κ1) is 9.52. The van der Waals surface area contributed by atoms with Crippen molar-refractivity contribution < 1.29 is 4.79 Å². The number of primary amides is 1. The Morgan fingerprint density at radius 3 is 2.92 bits per heavy atom. The van der Waals surface area contributed by atoms with Crippen molar-refractivity contribution in [1.29, 1.82) is 0 Å². The van der Waals surface area contributed by atoms with E-state index in [4.69, 9.17) is 5.73 Å². The fraction of sp³-hybridized carbons (Fsp3) is 0.889. The maximum absolute atomic E-state index is 10.7. The molecule has 0 aliphatic carbocycles. The van der Waals surface area contributed by atoms with Crippen molar-refractivity contribution in [3.63, 3.8) is 0 Å². The van der Waals surface area contributed by atoms with Crippen LogP contribution < -0.4 is 5.73 Å². The lowest BCUT2D eigenvalue weighted by atomic mass is 10.0. The summed E-state index contributed by atoms with van der Waals surface area (Å²) in [5.74, 6) is -0.199. The standard InChI is InChI=1S/C9H18N2O/c1-2-8-5-3-4-6-11(8)7-9(10)12/h8H,2-7H2,1H3,(H2,10,12). The van der Waals surface area contributed by atoms with Crippen LogP contribution in [0.3, 0.4) is 0 Å². The molecule has 0 saturated carbocycles. The summed E-state index contributed by atoms with van der Waals surface area (Å²) >= 11 is 0. The van der Waals surface area contributed by atoms with Crippen molar-refractivity contribution in [3.05, 3.63) is 0 Å². The molecule has 0 aromatic heterocycles. The van der Waals surface area contributed by atoms with Crippen molar-refractivity contribution in [2.24, 2.45) is 5.73 Å². The number of rotatable bonds is 3. The van der Waals surface area contributed by atoms with E-state index in [1.54, 1.807) is 0 Å². The normalized spacial score (nSPS) is 25.6. The van der Waals surface area contributed by atoms with E-state index in [1.165, 1.54) is 19.3 Å². The third kappa shape index (κ3) is 2.48. The lowest BCUT2D eigenvalue weighted by Gasteiger charge is -2.34. The molecule has 1 saturated heterocycles. The molecule has 0 aromatic rings. The topological polar surface area (TPSA) is 46.3 Å². The molecule has 2 N–H and O–H groups in total. The second kappa shape index (κ2) is 4.45. The summed E-state index contributed by atoms with van der Waals surface area (Å²) in [6.45, 7) is 3.66. The molecule has 1 aliphatic rings. The predicted octanol–water partition coefficient (Wildman–Crippen LogP) is 0.736. The molecule has 1 unspecified atom stereocenters. The predicted molar refractivity (Wildman–Crippen MR) is 48.7 cm³/mol. The van der Waals surface area contributed by atoms with Gasteiger partial charge in [0, 0.05) is 6.04 Å². The minimum absolute atomic E-state index is 0.199. The molecule has 1 amide bonds. The molecule has 12 heavy (non-hydrogen) atoms. The molecule has 1 atom stereocenters. The summed E-state index contributed by atoms with van der Waals surface area (Å²) in [6.07, 6.45) is 4.87. The summed E-state index contributed by atoms with van der Waals surface area (Å²) in [7, 11) is 0. The highest BCUT2D eigenvalue weighted by molar-refractivity contribution is 5.75. The highest BCUT2D eigenvalue weighted by Gasteiger charge is 2.21. The number of likely N-dealkylation sites (tertiary alicyclic amines) is 1. The fourth-order valence-electron chi connectivity index (χ4n) is 1.93. The second-order valence-electron chi connectivity index (χ2n) is 3.49. The van der Waals surface area contributed by atoms with Gasteiger partial charge in [-0.15, -0.1) is 0 Å². The average Bonchev–Trinajstić information content (AvgIpc) is 2.04. The number of nitrogens with two attached hydrogens (primary N) is 1. The summed E-state index contributed by atoms with van der Waals surface area (Å²) in [4.78, 5) is 12.9. The van der Waals surface area contributed by atoms with Crippen LogP contribution >= 0.6 is 0 Å². The lowest BCUT2D eigenvalue weighted by molar-refractivity contribution is -0.120. The van der Waals surface area contributed by atoms with Crippen LogP contribution in [0.5, 0.6) is 0 Å². The zero-order valence-corrected chi connectivity index (χ0v) is 7.75. The highest BCUT2D eigenvalue weighted by Crippen LogP contribution is 2.18. The molecule has 0 aromatic carbocycles. The van der Waals surface area contributed by atoms with E-state index in [0.717, 1.165) is 13.0 Å². The first-order valence-corrected chi connectivity index (χ1v) is 4.76. The van der Waals surface area contributed by atoms with Crippen LogP contribution in [0.2, 0.25) is 0 Å². The molecule has 1 fully saturated rings. The zero-order valence-electron chi connectivity index (χ0n) is 7.75. The molecule has 0 spiro atoms. The van der Waals surface area contributed by atoms with Gasteiger partial charge < -0.3 is 5.73 Å². The Balaban J connectivity index is 2.41. The average molecular weight is 170 g/mol. The van der Waals surface area contributed by atoms with E-state index in [9.17, 15) is 4.79 Å². The van der Waals surface area contributed by atoms with Gasteiger partial charge in [-0.2, -0.15) is 0 Å². The number of hydrogen-bond donors (Lipinski definition) is 1. The smallest absolute Gasteiger partial charge is 0.231 e. The van der Waals surface area contributed by atoms with E-state index in [-0.39, 0.29) is 5.91 Å². The monoisotopic (exact) mass is 170 g/mol. The van der Waals surface area contributed by atoms with E-state index in [2.05, 4.69) is 11.8 Å². The molecule has 1 heterocycles. The Morgan fingerprint density at radius 1 is 1.58 bits per heavy atom. The maximum atomic E-state index is 10.7. The van der Waals surface area contributed by atoms with Crippen LogP contribution in [-0.4, -0.2) is 29.9 Å². The largest absolute Gasteiger partial charge is 0.369 e. The van der Waals surface area contributed by atoms with Gasteiger partial charge in [0.1, 0.15) is 0 Å². The van der Waals surface area contributed by atoms with E-state index in [0.29, 0.717) is 12.6 Å². The summed E-state index contributed by atoms with van der Waals surface area (Å²) in [5.41, 5.74) is 5.16. The number of carbonyl (C=O) groups excluding carboxylic acids is 1. The number of amides is 1. The maximum Gasteiger partial charge on any atom is 0.231 e. The first-order chi connectivity index (χ1) is 5.74. The third-order valence-electron chi connectivity index (χ3n) is 2.58. The number of carbonyl (C=O) groups is 1. The summed E-state index contributed by atoms with van der Waals surface area (Å²) < 4.78 is 0. The van der Waals surface area contributed by atoms with Gasteiger partial charge in [0.2, 0.25) is 5.91 Å². The minimum Gasteiger partial charge on any atom is -0.369 e. The molecular weight excluding hydrogens is 152 g/mol. The second-order valence-corrected chi connectivity index (χ2v) is 3.49. The Bertz CT molecular complexity index is 159. The summed E-state index contributed by atoms with van der Waals surface area (Å²) in [5, 5.41) is 0. The van der Waals surface area contributed by atoms with Gasteiger partial charge in [-0.3, -0.25) is 9.69 Å². The van der Waals surface area contributed by atoms with Crippen LogP contribution in [0.25, 0.3) is 0 Å². The van der Waals surface area contributed by atoms with Crippen molar-refractivity contribution >= 4 is 5.91 Å². The van der Waals surface area contributed by atoms with Gasteiger partial charge in [-0.1, -0.05) is 13.3 Å². The Kier molecular flexibility index (Phi) is 3.53. The Morgan fingerprint density at radius 2 is 2.33 bits per heavy atom. The van der Waals surface area contributed by atoms with Crippen LogP contribution in [0, 0.1) is 0 Å². The quantitative estimate of drug-likeness (QED) is 0.679. The number of hydrogen-bond acceptors (Lipinski definition) is 2.